The second kappa shape index (κ2) is 5.77. The number of piperidine rings is 1. The number of nitrogens with one attached hydrogen (secondary N) is 1. The average molecular weight is 315 g/mol. The molecule has 1 fully saturated rings. The molecule has 2 unspecified atom stereocenters. The molecule has 0 saturated carbocycles. The first-order chi connectivity index (χ1) is 11.0. The average Bonchev–Trinajstić information content (AvgIpc) is 2.56. The van der Waals surface area contributed by atoms with Gasteiger partial charge in [0.05, 0.1) is 17.4 Å². The summed E-state index contributed by atoms with van der Waals surface area (Å²) in [5, 5.41) is 3.12. The number of carbonyl (C=O) groups excluding carboxylic acids is 1. The lowest BCUT2D eigenvalue weighted by molar-refractivity contribution is -0.116. The van der Waals surface area contributed by atoms with Crippen LogP contribution in [0.15, 0.2) is 23.1 Å². The molecule has 1 N–H and O–H groups in total. The number of aromatic nitrogens is 2. The lowest BCUT2D eigenvalue weighted by Crippen LogP contribution is -2.54. The fourth-order valence-electron chi connectivity index (χ4n) is 3.42. The van der Waals surface area contributed by atoms with Crippen molar-refractivity contribution >= 4 is 12.4 Å². The normalized spacial score (nSPS) is 26.5. The third-order valence-electron chi connectivity index (χ3n) is 4.72. The molecule has 0 radical (unpaired) electrons. The quantitative estimate of drug-likeness (QED) is 0.855. The van der Waals surface area contributed by atoms with Gasteiger partial charge in [0.25, 0.3) is 5.56 Å². The van der Waals surface area contributed by atoms with Gasteiger partial charge in [0, 0.05) is 19.4 Å². The van der Waals surface area contributed by atoms with E-state index in [9.17, 15) is 9.59 Å². The first-order valence-corrected chi connectivity index (χ1v) is 7.74. The van der Waals surface area contributed by atoms with E-state index in [0.717, 1.165) is 12.0 Å². The van der Waals surface area contributed by atoms with Crippen LogP contribution < -0.4 is 10.9 Å². The smallest absolute Gasteiger partial charge is 0.260 e. The maximum absolute atomic E-state index is 13.1. The van der Waals surface area contributed by atoms with Crippen molar-refractivity contribution in [1.29, 1.82) is 0 Å². The number of methoxy groups -OCH3 is 1. The molecule has 122 valence electrons. The molecular formula is C17H21N3O3. The Kier molecular flexibility index (Phi) is 3.93. The Hall–Kier alpha value is -2.21. The SMILES string of the molecule is C=C1CCC(C=O)(n2c(C)nc3c(c2=O)C(OC)CC=C3)CN1. The second-order valence-corrected chi connectivity index (χ2v) is 6.14. The van der Waals surface area contributed by atoms with Crippen LogP contribution in [-0.4, -0.2) is 29.5 Å². The van der Waals surface area contributed by atoms with Crippen LogP contribution in [0.5, 0.6) is 0 Å². The van der Waals surface area contributed by atoms with Crippen molar-refractivity contribution in [3.05, 3.63) is 45.8 Å². The topological polar surface area (TPSA) is 73.2 Å². The van der Waals surface area contributed by atoms with Gasteiger partial charge in [-0.2, -0.15) is 0 Å². The lowest BCUT2D eigenvalue weighted by Gasteiger charge is -2.37. The minimum Gasteiger partial charge on any atom is -0.386 e. The van der Waals surface area contributed by atoms with Gasteiger partial charge >= 0.3 is 0 Å². The van der Waals surface area contributed by atoms with Gasteiger partial charge in [-0.3, -0.25) is 9.36 Å². The summed E-state index contributed by atoms with van der Waals surface area (Å²) < 4.78 is 6.97. The van der Waals surface area contributed by atoms with E-state index in [1.54, 1.807) is 14.0 Å². The van der Waals surface area contributed by atoms with E-state index >= 15 is 0 Å². The van der Waals surface area contributed by atoms with Crippen LogP contribution in [0.25, 0.3) is 6.08 Å². The van der Waals surface area contributed by atoms with Gasteiger partial charge in [-0.25, -0.2) is 4.98 Å². The minimum absolute atomic E-state index is 0.190. The Bertz CT molecular complexity index is 738. The summed E-state index contributed by atoms with van der Waals surface area (Å²) >= 11 is 0. The summed E-state index contributed by atoms with van der Waals surface area (Å²) in [5.74, 6) is 0.538. The van der Waals surface area contributed by atoms with E-state index in [-0.39, 0.29) is 11.7 Å². The molecule has 0 amide bonds. The Balaban J connectivity index is 2.20. The molecule has 2 heterocycles. The van der Waals surface area contributed by atoms with Gasteiger partial charge in [0.15, 0.2) is 0 Å². The zero-order valence-corrected chi connectivity index (χ0v) is 13.5. The highest BCUT2D eigenvalue weighted by Crippen LogP contribution is 2.30. The van der Waals surface area contributed by atoms with Crippen molar-refractivity contribution < 1.29 is 9.53 Å². The molecule has 0 aromatic carbocycles. The van der Waals surface area contributed by atoms with E-state index in [1.807, 2.05) is 12.2 Å². The van der Waals surface area contributed by atoms with Crippen LogP contribution in [0, 0.1) is 6.92 Å². The number of nitrogens with zero attached hydrogens (tertiary/aromatic N) is 2. The van der Waals surface area contributed by atoms with E-state index in [1.165, 1.54) is 4.57 Å². The fourth-order valence-corrected chi connectivity index (χ4v) is 3.42. The second-order valence-electron chi connectivity index (χ2n) is 6.14. The Labute approximate surface area is 134 Å². The van der Waals surface area contributed by atoms with Crippen molar-refractivity contribution in [1.82, 2.24) is 14.9 Å². The maximum Gasteiger partial charge on any atom is 0.260 e. The molecule has 6 heteroatoms. The third-order valence-corrected chi connectivity index (χ3v) is 4.72. The van der Waals surface area contributed by atoms with E-state index < -0.39 is 5.54 Å². The summed E-state index contributed by atoms with van der Waals surface area (Å²) in [6.07, 6.45) is 6.15. The van der Waals surface area contributed by atoms with Crippen molar-refractivity contribution in [3.63, 3.8) is 0 Å². The Morgan fingerprint density at radius 2 is 2.35 bits per heavy atom. The number of allylic oxidation sites excluding steroid dienone is 1. The first kappa shape index (κ1) is 15.7. The van der Waals surface area contributed by atoms with E-state index in [0.29, 0.717) is 42.9 Å². The molecule has 2 atom stereocenters. The number of hydrogen-bond donors (Lipinski definition) is 1. The molecule has 1 aromatic heterocycles. The van der Waals surface area contributed by atoms with Crippen LogP contribution in [0.2, 0.25) is 0 Å². The number of aryl methyl sites for hydroxylation is 1. The highest BCUT2D eigenvalue weighted by Gasteiger charge is 2.38. The molecule has 1 aliphatic carbocycles. The van der Waals surface area contributed by atoms with Crippen LogP contribution in [-0.2, 0) is 15.1 Å². The fraction of sp³-hybridized carbons (Fsp3) is 0.471. The zero-order valence-electron chi connectivity index (χ0n) is 13.5. The molecule has 3 rings (SSSR count). The predicted octanol–water partition coefficient (Wildman–Crippen LogP) is 1.45. The summed E-state index contributed by atoms with van der Waals surface area (Å²) in [6, 6.07) is 0. The molecule has 23 heavy (non-hydrogen) atoms. The summed E-state index contributed by atoms with van der Waals surface area (Å²) in [7, 11) is 1.58. The molecule has 0 spiro atoms. The largest absolute Gasteiger partial charge is 0.386 e. The minimum atomic E-state index is -0.927. The van der Waals surface area contributed by atoms with E-state index in [2.05, 4.69) is 16.9 Å². The van der Waals surface area contributed by atoms with Gasteiger partial charge in [-0.05, 0) is 32.3 Å². The van der Waals surface area contributed by atoms with E-state index in [4.69, 9.17) is 4.74 Å². The number of carbonyl (C=O) groups is 1. The number of hydrogen-bond acceptors (Lipinski definition) is 5. The molecular weight excluding hydrogens is 294 g/mol. The third kappa shape index (κ3) is 2.43. The molecule has 1 saturated heterocycles. The highest BCUT2D eigenvalue weighted by atomic mass is 16.5. The Morgan fingerprint density at radius 1 is 1.57 bits per heavy atom. The van der Waals surface area contributed by atoms with Gasteiger partial charge in [0.1, 0.15) is 17.6 Å². The predicted molar refractivity (Wildman–Crippen MR) is 87.0 cm³/mol. The molecule has 1 aliphatic heterocycles. The lowest BCUT2D eigenvalue weighted by atomic mass is 9.89. The number of ether oxygens (including phenoxy) is 1. The maximum atomic E-state index is 13.1. The number of fused-ring (bicyclic) bond motifs is 1. The summed E-state index contributed by atoms with van der Waals surface area (Å²) in [4.78, 5) is 29.6. The zero-order chi connectivity index (χ0) is 16.6. The highest BCUT2D eigenvalue weighted by molar-refractivity contribution is 5.64. The molecule has 2 aliphatic rings. The Morgan fingerprint density at radius 3 is 2.96 bits per heavy atom. The van der Waals surface area contributed by atoms with Gasteiger partial charge in [-0.1, -0.05) is 12.7 Å². The van der Waals surface area contributed by atoms with Crippen molar-refractivity contribution in [3.8, 4) is 0 Å². The molecule has 0 bridgehead atoms. The van der Waals surface area contributed by atoms with Gasteiger partial charge in [0.2, 0.25) is 0 Å². The number of rotatable bonds is 3. The monoisotopic (exact) mass is 315 g/mol. The first-order valence-electron chi connectivity index (χ1n) is 7.74. The van der Waals surface area contributed by atoms with Crippen LogP contribution in [0.3, 0.4) is 0 Å². The molecule has 6 nitrogen and oxygen atoms in total. The van der Waals surface area contributed by atoms with Gasteiger partial charge < -0.3 is 14.8 Å². The summed E-state index contributed by atoms with van der Waals surface area (Å²) in [5.41, 5.74) is 0.938. The van der Waals surface area contributed by atoms with Crippen LogP contribution in [0.1, 0.15) is 42.4 Å². The van der Waals surface area contributed by atoms with Crippen molar-refractivity contribution in [2.45, 2.75) is 37.8 Å². The molecule has 1 aromatic rings. The van der Waals surface area contributed by atoms with Crippen molar-refractivity contribution in [2.75, 3.05) is 13.7 Å². The number of aldehydes is 1. The van der Waals surface area contributed by atoms with Crippen LogP contribution >= 0.6 is 0 Å². The standard InChI is InChI=1S/C17H21N3O3/c1-11-7-8-17(10-21,9-18-11)20-12(2)19-13-5-4-6-14(23-3)15(13)16(20)22/h4-5,10,14,18H,1,6-9H2,2-3H3. The van der Waals surface area contributed by atoms with Gasteiger partial charge in [-0.15, -0.1) is 0 Å². The van der Waals surface area contributed by atoms with Crippen LogP contribution in [0.4, 0.5) is 0 Å². The summed E-state index contributed by atoms with van der Waals surface area (Å²) in [6.45, 7) is 6.00. The van der Waals surface area contributed by atoms with Crippen molar-refractivity contribution in [2.24, 2.45) is 0 Å².